The van der Waals surface area contributed by atoms with Crippen molar-refractivity contribution in [2.75, 3.05) is 33.4 Å². The van der Waals surface area contributed by atoms with Crippen LogP contribution < -0.4 is 5.32 Å². The third-order valence-corrected chi connectivity index (χ3v) is 5.80. The van der Waals surface area contributed by atoms with Gasteiger partial charge in [-0.2, -0.15) is 0 Å². The number of ether oxygens (including phenoxy) is 1. The number of amides is 2. The molecule has 2 heterocycles. The second-order valence-electron chi connectivity index (χ2n) is 7.18. The molecule has 0 saturated carbocycles. The van der Waals surface area contributed by atoms with Crippen molar-refractivity contribution in [2.45, 2.75) is 26.7 Å². The molecule has 0 aliphatic carbocycles. The molecule has 130 valence electrons. The summed E-state index contributed by atoms with van der Waals surface area (Å²) in [6.45, 7) is 6.63. The van der Waals surface area contributed by atoms with Gasteiger partial charge in [-0.15, -0.1) is 0 Å². The molecule has 0 radical (unpaired) electrons. The SMILES string of the molecule is COCC1C(=O)NCC12CCN(C(=O)c1ccc(C)c(C)c1)CC2. The second kappa shape index (κ2) is 6.55. The highest BCUT2D eigenvalue weighted by Gasteiger charge is 2.49. The number of rotatable bonds is 3. The first-order valence-electron chi connectivity index (χ1n) is 8.60. The summed E-state index contributed by atoms with van der Waals surface area (Å²) in [5, 5.41) is 2.98. The smallest absolute Gasteiger partial charge is 0.253 e. The van der Waals surface area contributed by atoms with Crippen LogP contribution in [0.2, 0.25) is 0 Å². The summed E-state index contributed by atoms with van der Waals surface area (Å²) in [5.41, 5.74) is 3.03. The van der Waals surface area contributed by atoms with Gasteiger partial charge in [-0.25, -0.2) is 0 Å². The predicted molar refractivity (Wildman–Crippen MR) is 91.9 cm³/mol. The van der Waals surface area contributed by atoms with Gasteiger partial charge in [0.15, 0.2) is 0 Å². The average molecular weight is 330 g/mol. The maximum atomic E-state index is 12.8. The number of aryl methyl sites for hydroxylation is 2. The molecule has 2 saturated heterocycles. The Labute approximate surface area is 143 Å². The van der Waals surface area contributed by atoms with E-state index in [-0.39, 0.29) is 23.1 Å². The second-order valence-corrected chi connectivity index (χ2v) is 7.18. The van der Waals surface area contributed by atoms with Crippen LogP contribution in [-0.2, 0) is 9.53 Å². The van der Waals surface area contributed by atoms with E-state index < -0.39 is 0 Å². The molecule has 0 bridgehead atoms. The summed E-state index contributed by atoms with van der Waals surface area (Å²) in [7, 11) is 1.64. The molecule has 2 amide bonds. The van der Waals surface area contributed by atoms with Crippen LogP contribution in [0.4, 0.5) is 0 Å². The van der Waals surface area contributed by atoms with E-state index in [1.807, 2.05) is 36.9 Å². The van der Waals surface area contributed by atoms with E-state index in [1.54, 1.807) is 7.11 Å². The van der Waals surface area contributed by atoms with E-state index in [9.17, 15) is 9.59 Å². The van der Waals surface area contributed by atoms with Crippen molar-refractivity contribution in [1.82, 2.24) is 10.2 Å². The van der Waals surface area contributed by atoms with Gasteiger partial charge in [0, 0.05) is 37.7 Å². The predicted octanol–water partition coefficient (Wildman–Crippen LogP) is 1.92. The molecule has 3 rings (SSSR count). The molecule has 1 aromatic carbocycles. The molecule has 2 aliphatic heterocycles. The van der Waals surface area contributed by atoms with E-state index >= 15 is 0 Å². The lowest BCUT2D eigenvalue weighted by atomic mass is 9.71. The van der Waals surface area contributed by atoms with Gasteiger partial charge in [0.05, 0.1) is 12.5 Å². The lowest BCUT2D eigenvalue weighted by molar-refractivity contribution is -0.126. The lowest BCUT2D eigenvalue weighted by Gasteiger charge is -2.41. The molecular formula is C19H26N2O3. The number of piperidine rings is 1. The Morgan fingerprint density at radius 2 is 2.00 bits per heavy atom. The Morgan fingerprint density at radius 3 is 2.62 bits per heavy atom. The van der Waals surface area contributed by atoms with E-state index in [1.165, 1.54) is 5.56 Å². The van der Waals surface area contributed by atoms with Gasteiger partial charge in [-0.1, -0.05) is 6.07 Å². The topological polar surface area (TPSA) is 58.6 Å². The lowest BCUT2D eigenvalue weighted by Crippen LogP contribution is -2.47. The molecule has 2 fully saturated rings. The number of methoxy groups -OCH3 is 1. The fraction of sp³-hybridized carbons (Fsp3) is 0.579. The maximum Gasteiger partial charge on any atom is 0.253 e. The fourth-order valence-electron chi connectivity index (χ4n) is 3.94. The maximum absolute atomic E-state index is 12.8. The minimum Gasteiger partial charge on any atom is -0.384 e. The number of likely N-dealkylation sites (tertiary alicyclic amines) is 1. The first-order chi connectivity index (χ1) is 11.5. The van der Waals surface area contributed by atoms with E-state index in [0.717, 1.165) is 24.0 Å². The Kier molecular flexibility index (Phi) is 4.63. The molecule has 5 heteroatoms. The number of hydrogen-bond acceptors (Lipinski definition) is 3. The van der Waals surface area contributed by atoms with Crippen molar-refractivity contribution in [3.05, 3.63) is 34.9 Å². The first-order valence-corrected chi connectivity index (χ1v) is 8.60. The summed E-state index contributed by atoms with van der Waals surface area (Å²) in [6, 6.07) is 5.88. The molecule has 0 aromatic heterocycles. The molecule has 5 nitrogen and oxygen atoms in total. The van der Waals surface area contributed by atoms with Crippen LogP contribution in [-0.4, -0.2) is 50.1 Å². The minimum absolute atomic E-state index is 0.0624. The zero-order valence-electron chi connectivity index (χ0n) is 14.7. The van der Waals surface area contributed by atoms with Crippen LogP contribution in [0.1, 0.15) is 34.3 Å². The molecule has 1 aromatic rings. The highest BCUT2D eigenvalue weighted by Crippen LogP contribution is 2.42. The van der Waals surface area contributed by atoms with Crippen molar-refractivity contribution in [3.8, 4) is 0 Å². The average Bonchev–Trinajstić information content (AvgIpc) is 2.87. The molecule has 1 unspecified atom stereocenters. The van der Waals surface area contributed by atoms with Gasteiger partial charge < -0.3 is 15.0 Å². The van der Waals surface area contributed by atoms with Gasteiger partial charge in [0.2, 0.25) is 5.91 Å². The number of carbonyl (C=O) groups is 2. The number of carbonyl (C=O) groups excluding carboxylic acids is 2. The third-order valence-electron chi connectivity index (χ3n) is 5.80. The summed E-state index contributed by atoms with van der Waals surface area (Å²) < 4.78 is 5.25. The summed E-state index contributed by atoms with van der Waals surface area (Å²) in [4.78, 5) is 26.7. The number of benzene rings is 1. The van der Waals surface area contributed by atoms with Crippen LogP contribution in [0.15, 0.2) is 18.2 Å². The summed E-state index contributed by atoms with van der Waals surface area (Å²) in [5.74, 6) is 0.0840. The van der Waals surface area contributed by atoms with Crippen LogP contribution in [0.3, 0.4) is 0 Å². The normalized spacial score (nSPS) is 22.7. The zero-order valence-corrected chi connectivity index (χ0v) is 14.7. The van der Waals surface area contributed by atoms with E-state index in [0.29, 0.717) is 26.2 Å². The number of hydrogen-bond donors (Lipinski definition) is 1. The van der Waals surface area contributed by atoms with Crippen molar-refractivity contribution in [3.63, 3.8) is 0 Å². The minimum atomic E-state index is -0.0960. The first kappa shape index (κ1) is 17.0. The highest BCUT2D eigenvalue weighted by molar-refractivity contribution is 5.94. The highest BCUT2D eigenvalue weighted by atomic mass is 16.5. The molecule has 1 spiro atoms. The number of nitrogens with one attached hydrogen (secondary N) is 1. The van der Waals surface area contributed by atoms with E-state index in [2.05, 4.69) is 5.32 Å². The molecule has 1 N–H and O–H groups in total. The third kappa shape index (κ3) is 2.93. The largest absolute Gasteiger partial charge is 0.384 e. The monoisotopic (exact) mass is 330 g/mol. The summed E-state index contributed by atoms with van der Waals surface area (Å²) in [6.07, 6.45) is 1.69. The van der Waals surface area contributed by atoms with Gasteiger partial charge in [-0.05, 0) is 49.9 Å². The van der Waals surface area contributed by atoms with Gasteiger partial charge in [-0.3, -0.25) is 9.59 Å². The van der Waals surface area contributed by atoms with Crippen LogP contribution in [0.5, 0.6) is 0 Å². The molecular weight excluding hydrogens is 304 g/mol. The van der Waals surface area contributed by atoms with Crippen molar-refractivity contribution >= 4 is 11.8 Å². The summed E-state index contributed by atoms with van der Waals surface area (Å²) >= 11 is 0. The Hall–Kier alpha value is -1.88. The zero-order chi connectivity index (χ0) is 17.3. The fourth-order valence-corrected chi connectivity index (χ4v) is 3.94. The van der Waals surface area contributed by atoms with Gasteiger partial charge >= 0.3 is 0 Å². The Morgan fingerprint density at radius 1 is 1.29 bits per heavy atom. The van der Waals surface area contributed by atoms with Gasteiger partial charge in [0.1, 0.15) is 0 Å². The van der Waals surface area contributed by atoms with E-state index in [4.69, 9.17) is 4.74 Å². The van der Waals surface area contributed by atoms with Crippen LogP contribution in [0.25, 0.3) is 0 Å². The van der Waals surface area contributed by atoms with Gasteiger partial charge in [0.25, 0.3) is 5.91 Å². The van der Waals surface area contributed by atoms with Crippen molar-refractivity contribution in [2.24, 2.45) is 11.3 Å². The standard InChI is InChI=1S/C19H26N2O3/c1-13-4-5-15(10-14(13)2)18(23)21-8-6-19(7-9-21)12-20-17(22)16(19)11-24-3/h4-5,10,16H,6-9,11-12H2,1-3H3,(H,20,22). The Bertz CT molecular complexity index is 648. The molecule has 2 aliphatic rings. The quantitative estimate of drug-likeness (QED) is 0.921. The molecule has 1 atom stereocenters. The van der Waals surface area contributed by atoms with Crippen LogP contribution >= 0.6 is 0 Å². The Balaban J connectivity index is 1.69. The van der Waals surface area contributed by atoms with Crippen molar-refractivity contribution < 1.29 is 14.3 Å². The molecule has 24 heavy (non-hydrogen) atoms. The van der Waals surface area contributed by atoms with Crippen molar-refractivity contribution in [1.29, 1.82) is 0 Å². The number of nitrogens with zero attached hydrogens (tertiary/aromatic N) is 1. The van der Waals surface area contributed by atoms with Crippen LogP contribution in [0, 0.1) is 25.2 Å².